The first-order chi connectivity index (χ1) is 15.7. The topological polar surface area (TPSA) is 95.6 Å². The Morgan fingerprint density at radius 3 is 2.06 bits per heavy atom. The summed E-state index contributed by atoms with van der Waals surface area (Å²) in [7, 11) is -3.78. The Bertz CT molecular complexity index is 1230. The maximum absolute atomic E-state index is 12.7. The van der Waals surface area contributed by atoms with Gasteiger partial charge in [0.15, 0.2) is 0 Å². The van der Waals surface area contributed by atoms with Gasteiger partial charge in [-0.15, -0.1) is 0 Å². The van der Waals surface area contributed by atoms with E-state index in [1.165, 1.54) is 24.3 Å². The molecule has 33 heavy (non-hydrogen) atoms. The number of sulfonamides is 1. The summed E-state index contributed by atoms with van der Waals surface area (Å²) >= 11 is 0. The van der Waals surface area contributed by atoms with Gasteiger partial charge in [0.2, 0.25) is 0 Å². The normalized spacial score (nSPS) is 11.0. The number of nitrogens with zero attached hydrogens (tertiary/aromatic N) is 1. The van der Waals surface area contributed by atoms with E-state index < -0.39 is 15.9 Å². The van der Waals surface area contributed by atoms with Crippen molar-refractivity contribution in [1.29, 1.82) is 0 Å². The Hall–Kier alpha value is -3.65. The molecule has 2 N–H and O–H groups in total. The highest BCUT2D eigenvalue weighted by molar-refractivity contribution is 7.92. The van der Waals surface area contributed by atoms with Crippen LogP contribution in [0.2, 0.25) is 0 Å². The number of aryl methyl sites for hydroxylation is 1. The Labute approximate surface area is 194 Å². The summed E-state index contributed by atoms with van der Waals surface area (Å²) in [5, 5.41) is 2.76. The van der Waals surface area contributed by atoms with Gasteiger partial charge in [0.25, 0.3) is 21.8 Å². The molecule has 0 saturated heterocycles. The van der Waals surface area contributed by atoms with E-state index in [4.69, 9.17) is 0 Å². The van der Waals surface area contributed by atoms with E-state index in [9.17, 15) is 18.0 Å². The zero-order valence-corrected chi connectivity index (χ0v) is 19.6. The number of carbonyl (C=O) groups is 2. The molecule has 0 saturated carbocycles. The summed E-state index contributed by atoms with van der Waals surface area (Å²) in [4.78, 5) is 26.9. The van der Waals surface area contributed by atoms with Crippen LogP contribution in [-0.2, 0) is 10.0 Å². The maximum atomic E-state index is 12.7. The van der Waals surface area contributed by atoms with Crippen LogP contribution in [0, 0.1) is 6.92 Å². The highest BCUT2D eigenvalue weighted by Crippen LogP contribution is 2.19. The standard InChI is InChI=1S/C25H27N3O4S/c1-4-28(5-2)25(30)20-7-6-8-22(17-20)26-24(29)19-11-15-23(16-12-19)33(31,32)27-21-13-9-18(3)10-14-21/h6-17,27H,4-5H2,1-3H3,(H,26,29). The van der Waals surface area contributed by atoms with Crippen LogP contribution in [0.25, 0.3) is 0 Å². The van der Waals surface area contributed by atoms with Crippen LogP contribution in [0.3, 0.4) is 0 Å². The Balaban J connectivity index is 1.71. The molecular formula is C25H27N3O4S. The predicted octanol–water partition coefficient (Wildman–Crippen LogP) is 4.53. The number of rotatable bonds is 8. The Kier molecular flexibility index (Phi) is 7.50. The van der Waals surface area contributed by atoms with Crippen molar-refractivity contribution in [2.24, 2.45) is 0 Å². The van der Waals surface area contributed by atoms with Crippen molar-refractivity contribution < 1.29 is 18.0 Å². The third-order valence-corrected chi connectivity index (χ3v) is 6.55. The number of benzene rings is 3. The van der Waals surface area contributed by atoms with Crippen LogP contribution >= 0.6 is 0 Å². The maximum Gasteiger partial charge on any atom is 0.261 e. The summed E-state index contributed by atoms with van der Waals surface area (Å²) in [6.07, 6.45) is 0. The summed E-state index contributed by atoms with van der Waals surface area (Å²) < 4.78 is 27.8. The molecule has 0 aliphatic carbocycles. The summed E-state index contributed by atoms with van der Waals surface area (Å²) in [6, 6.07) is 19.4. The third kappa shape index (κ3) is 5.98. The van der Waals surface area contributed by atoms with Gasteiger partial charge < -0.3 is 10.2 Å². The molecule has 0 spiro atoms. The molecule has 0 aromatic heterocycles. The Morgan fingerprint density at radius 2 is 1.45 bits per heavy atom. The van der Waals surface area contributed by atoms with E-state index in [-0.39, 0.29) is 10.8 Å². The second-order valence-electron chi connectivity index (χ2n) is 7.51. The van der Waals surface area contributed by atoms with Crippen LogP contribution < -0.4 is 10.0 Å². The largest absolute Gasteiger partial charge is 0.339 e. The van der Waals surface area contributed by atoms with Crippen LogP contribution in [0.15, 0.2) is 77.7 Å². The lowest BCUT2D eigenvalue weighted by atomic mass is 10.1. The first-order valence-corrected chi connectivity index (χ1v) is 12.1. The highest BCUT2D eigenvalue weighted by Gasteiger charge is 2.16. The number of amides is 2. The van der Waals surface area contributed by atoms with E-state index in [1.54, 1.807) is 41.3 Å². The average molecular weight is 466 g/mol. The average Bonchev–Trinajstić information content (AvgIpc) is 2.81. The lowest BCUT2D eigenvalue weighted by Gasteiger charge is -2.19. The van der Waals surface area contributed by atoms with E-state index in [1.807, 2.05) is 32.9 Å². The molecule has 3 rings (SSSR count). The van der Waals surface area contributed by atoms with Crippen molar-refractivity contribution in [3.8, 4) is 0 Å². The molecule has 0 radical (unpaired) electrons. The molecule has 0 heterocycles. The molecule has 0 fully saturated rings. The fourth-order valence-corrected chi connectivity index (χ4v) is 4.31. The molecule has 3 aromatic carbocycles. The second kappa shape index (κ2) is 10.3. The van der Waals surface area contributed by atoms with E-state index >= 15 is 0 Å². The number of carbonyl (C=O) groups excluding carboxylic acids is 2. The van der Waals surface area contributed by atoms with Crippen molar-refractivity contribution in [1.82, 2.24) is 4.90 Å². The van der Waals surface area contributed by atoms with Gasteiger partial charge >= 0.3 is 0 Å². The molecule has 8 heteroatoms. The second-order valence-corrected chi connectivity index (χ2v) is 9.19. The van der Waals surface area contributed by atoms with Crippen LogP contribution in [0.1, 0.15) is 40.1 Å². The van der Waals surface area contributed by atoms with Crippen LogP contribution in [-0.4, -0.2) is 38.2 Å². The van der Waals surface area contributed by atoms with E-state index in [0.717, 1.165) is 5.56 Å². The molecule has 0 unspecified atom stereocenters. The number of hydrogen-bond acceptors (Lipinski definition) is 4. The number of anilines is 2. The quantitative estimate of drug-likeness (QED) is 0.511. The number of nitrogens with one attached hydrogen (secondary N) is 2. The van der Waals surface area contributed by atoms with Gasteiger partial charge in [-0.1, -0.05) is 23.8 Å². The zero-order valence-electron chi connectivity index (χ0n) is 18.8. The van der Waals surface area contributed by atoms with Crippen molar-refractivity contribution in [2.75, 3.05) is 23.1 Å². The molecule has 7 nitrogen and oxygen atoms in total. The number of hydrogen-bond donors (Lipinski definition) is 2. The van der Waals surface area contributed by atoms with Gasteiger partial charge in [-0.3, -0.25) is 14.3 Å². The summed E-state index contributed by atoms with van der Waals surface area (Å²) in [5.41, 5.74) is 2.75. The zero-order chi connectivity index (χ0) is 24.0. The van der Waals surface area contributed by atoms with Crippen molar-refractivity contribution in [2.45, 2.75) is 25.7 Å². The minimum atomic E-state index is -3.78. The van der Waals surface area contributed by atoms with E-state index in [2.05, 4.69) is 10.0 Å². The van der Waals surface area contributed by atoms with Gasteiger partial charge in [-0.2, -0.15) is 0 Å². The van der Waals surface area contributed by atoms with Crippen molar-refractivity contribution >= 4 is 33.2 Å². The summed E-state index contributed by atoms with van der Waals surface area (Å²) in [5.74, 6) is -0.510. The molecule has 0 atom stereocenters. The smallest absolute Gasteiger partial charge is 0.261 e. The molecular weight excluding hydrogens is 438 g/mol. The highest BCUT2D eigenvalue weighted by atomic mass is 32.2. The van der Waals surface area contributed by atoms with Crippen LogP contribution in [0.5, 0.6) is 0 Å². The molecule has 0 aliphatic heterocycles. The van der Waals surface area contributed by atoms with Gasteiger partial charge in [0, 0.05) is 35.6 Å². The SMILES string of the molecule is CCN(CC)C(=O)c1cccc(NC(=O)c2ccc(S(=O)(=O)Nc3ccc(C)cc3)cc2)c1. The van der Waals surface area contributed by atoms with E-state index in [0.29, 0.717) is 35.6 Å². The monoisotopic (exact) mass is 465 g/mol. The minimum absolute atomic E-state index is 0.0476. The molecule has 0 bridgehead atoms. The fourth-order valence-electron chi connectivity index (χ4n) is 3.25. The van der Waals surface area contributed by atoms with Gasteiger partial charge in [0.05, 0.1) is 4.90 Å². The molecule has 0 aliphatic rings. The summed E-state index contributed by atoms with van der Waals surface area (Å²) in [6.45, 7) is 6.93. The van der Waals surface area contributed by atoms with Crippen molar-refractivity contribution in [3.63, 3.8) is 0 Å². The van der Waals surface area contributed by atoms with Crippen LogP contribution in [0.4, 0.5) is 11.4 Å². The van der Waals surface area contributed by atoms with Crippen molar-refractivity contribution in [3.05, 3.63) is 89.5 Å². The van der Waals surface area contributed by atoms with Gasteiger partial charge in [-0.25, -0.2) is 8.42 Å². The minimum Gasteiger partial charge on any atom is -0.339 e. The lowest BCUT2D eigenvalue weighted by molar-refractivity contribution is 0.0772. The molecule has 2 amide bonds. The first-order valence-electron chi connectivity index (χ1n) is 10.6. The lowest BCUT2D eigenvalue weighted by Crippen LogP contribution is -2.30. The van der Waals surface area contributed by atoms with Gasteiger partial charge in [0.1, 0.15) is 0 Å². The predicted molar refractivity (Wildman–Crippen MR) is 130 cm³/mol. The Morgan fingerprint density at radius 1 is 0.818 bits per heavy atom. The first kappa shape index (κ1) is 24.0. The van der Waals surface area contributed by atoms with Gasteiger partial charge in [-0.05, 0) is 75.4 Å². The molecule has 172 valence electrons. The third-order valence-electron chi connectivity index (χ3n) is 5.15. The molecule has 3 aromatic rings. The fraction of sp³-hybridized carbons (Fsp3) is 0.200.